The van der Waals surface area contributed by atoms with Crippen LogP contribution in [0.3, 0.4) is 0 Å². The van der Waals surface area contributed by atoms with Crippen molar-refractivity contribution in [2.45, 2.75) is 12.5 Å². The Labute approximate surface area is 93.9 Å². The zero-order valence-electron chi connectivity index (χ0n) is 8.81. The largest absolute Gasteiger partial charge is 0.324 e. The van der Waals surface area contributed by atoms with Gasteiger partial charge in [0.1, 0.15) is 5.82 Å². The highest BCUT2D eigenvalue weighted by Gasteiger charge is 2.09. The van der Waals surface area contributed by atoms with E-state index < -0.39 is 0 Å². The zero-order valence-corrected chi connectivity index (χ0v) is 8.81. The molecular weight excluding hydrogens is 203 g/mol. The van der Waals surface area contributed by atoms with Gasteiger partial charge in [-0.05, 0) is 29.7 Å². The van der Waals surface area contributed by atoms with E-state index in [-0.39, 0.29) is 11.9 Å². The van der Waals surface area contributed by atoms with Crippen LogP contribution in [-0.2, 0) is 6.42 Å². The Morgan fingerprint density at radius 2 is 2.00 bits per heavy atom. The number of hydrogen-bond donors (Lipinski definition) is 1. The lowest BCUT2D eigenvalue weighted by molar-refractivity contribution is 0.593. The van der Waals surface area contributed by atoms with E-state index in [9.17, 15) is 4.39 Å². The quantitative estimate of drug-likeness (QED) is 0.856. The Morgan fingerprint density at radius 3 is 2.69 bits per heavy atom. The van der Waals surface area contributed by atoms with Crippen molar-refractivity contribution in [3.8, 4) is 0 Å². The number of rotatable bonds is 3. The lowest BCUT2D eigenvalue weighted by atomic mass is 10.0. The van der Waals surface area contributed by atoms with Crippen LogP contribution in [0.4, 0.5) is 4.39 Å². The molecule has 0 unspecified atom stereocenters. The summed E-state index contributed by atoms with van der Waals surface area (Å²) in [4.78, 5) is 4.00. The van der Waals surface area contributed by atoms with Gasteiger partial charge in [-0.3, -0.25) is 4.98 Å². The average molecular weight is 216 g/mol. The normalized spacial score (nSPS) is 12.4. The molecule has 0 spiro atoms. The third kappa shape index (κ3) is 2.44. The summed E-state index contributed by atoms with van der Waals surface area (Å²) in [5.74, 6) is -0.207. The van der Waals surface area contributed by atoms with Crippen LogP contribution >= 0.6 is 0 Å². The van der Waals surface area contributed by atoms with Gasteiger partial charge >= 0.3 is 0 Å². The van der Waals surface area contributed by atoms with Crippen molar-refractivity contribution in [1.82, 2.24) is 4.98 Å². The van der Waals surface area contributed by atoms with Crippen LogP contribution in [0.15, 0.2) is 48.8 Å². The first-order valence-corrected chi connectivity index (χ1v) is 5.16. The van der Waals surface area contributed by atoms with Gasteiger partial charge < -0.3 is 5.73 Å². The molecule has 16 heavy (non-hydrogen) atoms. The maximum Gasteiger partial charge on any atom is 0.126 e. The molecule has 0 fully saturated rings. The average Bonchev–Trinajstić information content (AvgIpc) is 2.33. The standard InChI is InChI=1S/C13H13FN2/c14-12-6-2-1-4-10(12)8-13(15)11-5-3-7-16-9-11/h1-7,9,13H,8,15H2/t13-/m1/s1. The second-order valence-electron chi connectivity index (χ2n) is 3.69. The summed E-state index contributed by atoms with van der Waals surface area (Å²) in [7, 11) is 0. The van der Waals surface area contributed by atoms with Crippen LogP contribution in [0.5, 0.6) is 0 Å². The maximum absolute atomic E-state index is 13.4. The third-order valence-electron chi connectivity index (χ3n) is 2.51. The second-order valence-corrected chi connectivity index (χ2v) is 3.69. The van der Waals surface area contributed by atoms with E-state index in [1.807, 2.05) is 18.2 Å². The Balaban J connectivity index is 2.14. The summed E-state index contributed by atoms with van der Waals surface area (Å²) >= 11 is 0. The lowest BCUT2D eigenvalue weighted by Crippen LogP contribution is -2.14. The van der Waals surface area contributed by atoms with E-state index in [2.05, 4.69) is 4.98 Å². The summed E-state index contributed by atoms with van der Waals surface area (Å²) in [5, 5.41) is 0. The minimum atomic E-state index is -0.217. The molecule has 0 saturated heterocycles. The van der Waals surface area contributed by atoms with Gasteiger partial charge in [-0.1, -0.05) is 24.3 Å². The number of aromatic nitrogens is 1. The van der Waals surface area contributed by atoms with Gasteiger partial charge in [-0.25, -0.2) is 4.39 Å². The molecule has 2 nitrogen and oxygen atoms in total. The number of halogens is 1. The van der Waals surface area contributed by atoms with Crippen molar-refractivity contribution < 1.29 is 4.39 Å². The number of nitrogens with two attached hydrogens (primary N) is 1. The molecule has 1 aromatic carbocycles. The Bertz CT molecular complexity index is 456. The van der Waals surface area contributed by atoms with Gasteiger partial charge in [0.2, 0.25) is 0 Å². The number of benzene rings is 1. The highest BCUT2D eigenvalue weighted by atomic mass is 19.1. The molecule has 1 heterocycles. The third-order valence-corrected chi connectivity index (χ3v) is 2.51. The van der Waals surface area contributed by atoms with E-state index >= 15 is 0 Å². The first kappa shape index (κ1) is 10.8. The van der Waals surface area contributed by atoms with Gasteiger partial charge in [-0.15, -0.1) is 0 Å². The van der Waals surface area contributed by atoms with E-state index in [1.54, 1.807) is 24.5 Å². The summed E-state index contributed by atoms with van der Waals surface area (Å²) in [6.45, 7) is 0. The molecular formula is C13H13FN2. The smallest absolute Gasteiger partial charge is 0.126 e. The predicted octanol–water partition coefficient (Wildman–Crippen LogP) is 2.46. The van der Waals surface area contributed by atoms with Gasteiger partial charge in [0, 0.05) is 18.4 Å². The van der Waals surface area contributed by atoms with Crippen LogP contribution in [0.1, 0.15) is 17.2 Å². The molecule has 0 bridgehead atoms. The van der Waals surface area contributed by atoms with Crippen molar-refractivity contribution in [1.29, 1.82) is 0 Å². The number of pyridine rings is 1. The molecule has 2 N–H and O–H groups in total. The monoisotopic (exact) mass is 216 g/mol. The molecule has 3 heteroatoms. The number of hydrogen-bond acceptors (Lipinski definition) is 2. The second kappa shape index (κ2) is 4.86. The van der Waals surface area contributed by atoms with Gasteiger partial charge in [0.05, 0.1) is 0 Å². The fraction of sp³-hybridized carbons (Fsp3) is 0.154. The maximum atomic E-state index is 13.4. The highest BCUT2D eigenvalue weighted by molar-refractivity contribution is 5.22. The summed E-state index contributed by atoms with van der Waals surface area (Å²) in [6, 6.07) is 10.2. The Morgan fingerprint density at radius 1 is 1.19 bits per heavy atom. The van der Waals surface area contributed by atoms with Crippen LogP contribution in [0, 0.1) is 5.82 Å². The van der Waals surface area contributed by atoms with E-state index in [0.29, 0.717) is 12.0 Å². The predicted molar refractivity (Wildman–Crippen MR) is 61.3 cm³/mol. The highest BCUT2D eigenvalue weighted by Crippen LogP contribution is 2.16. The topological polar surface area (TPSA) is 38.9 Å². The first-order chi connectivity index (χ1) is 7.77. The van der Waals surface area contributed by atoms with Crippen molar-refractivity contribution in [2.75, 3.05) is 0 Å². The molecule has 1 aromatic heterocycles. The molecule has 0 amide bonds. The van der Waals surface area contributed by atoms with Gasteiger partial charge in [0.15, 0.2) is 0 Å². The Kier molecular flexibility index (Phi) is 3.27. The van der Waals surface area contributed by atoms with Crippen LogP contribution in [0.25, 0.3) is 0 Å². The first-order valence-electron chi connectivity index (χ1n) is 5.16. The Hall–Kier alpha value is -1.74. The van der Waals surface area contributed by atoms with Crippen molar-refractivity contribution >= 4 is 0 Å². The number of nitrogens with zero attached hydrogens (tertiary/aromatic N) is 1. The molecule has 0 radical (unpaired) electrons. The van der Waals surface area contributed by atoms with Gasteiger partial charge in [-0.2, -0.15) is 0 Å². The molecule has 2 aromatic rings. The summed E-state index contributed by atoms with van der Waals surface area (Å²) in [6.07, 6.45) is 3.89. The van der Waals surface area contributed by atoms with Crippen LogP contribution in [0.2, 0.25) is 0 Å². The molecule has 2 rings (SSSR count). The van der Waals surface area contributed by atoms with Crippen LogP contribution in [-0.4, -0.2) is 4.98 Å². The minimum Gasteiger partial charge on any atom is -0.324 e. The zero-order chi connectivity index (χ0) is 11.4. The fourth-order valence-electron chi connectivity index (χ4n) is 1.61. The molecule has 0 aliphatic rings. The molecule has 0 aliphatic carbocycles. The van der Waals surface area contributed by atoms with E-state index in [0.717, 1.165) is 5.56 Å². The van der Waals surface area contributed by atoms with E-state index in [1.165, 1.54) is 6.07 Å². The summed E-state index contributed by atoms with van der Waals surface area (Å²) < 4.78 is 13.4. The fourth-order valence-corrected chi connectivity index (χ4v) is 1.61. The van der Waals surface area contributed by atoms with Crippen molar-refractivity contribution in [2.24, 2.45) is 5.73 Å². The molecule has 82 valence electrons. The molecule has 0 saturated carbocycles. The van der Waals surface area contributed by atoms with E-state index in [4.69, 9.17) is 5.73 Å². The van der Waals surface area contributed by atoms with Crippen molar-refractivity contribution in [3.63, 3.8) is 0 Å². The minimum absolute atomic E-state index is 0.207. The lowest BCUT2D eigenvalue weighted by Gasteiger charge is -2.11. The van der Waals surface area contributed by atoms with Crippen LogP contribution < -0.4 is 5.73 Å². The molecule has 1 atom stereocenters. The van der Waals surface area contributed by atoms with Crippen molar-refractivity contribution in [3.05, 3.63) is 65.7 Å². The summed E-state index contributed by atoms with van der Waals surface area (Å²) in [5.41, 5.74) is 7.55. The SMILES string of the molecule is N[C@H](Cc1ccccc1F)c1cccnc1. The molecule has 0 aliphatic heterocycles. The van der Waals surface area contributed by atoms with Gasteiger partial charge in [0.25, 0.3) is 0 Å².